The molecule has 7 nitrogen and oxygen atoms in total. The van der Waals surface area contributed by atoms with Gasteiger partial charge in [0.15, 0.2) is 11.5 Å². The van der Waals surface area contributed by atoms with Gasteiger partial charge in [0.05, 0.1) is 33.7 Å². The first-order valence-electron chi connectivity index (χ1n) is 10.0. The number of carbonyl (C=O) groups is 3. The lowest BCUT2D eigenvalue weighted by Gasteiger charge is -2.19. The fourth-order valence-electron chi connectivity index (χ4n) is 3.08. The van der Waals surface area contributed by atoms with Crippen LogP contribution in [0, 0.1) is 0 Å². The largest absolute Gasteiger partial charge is 0.493 e. The quantitative estimate of drug-likeness (QED) is 0.288. The molecule has 1 heterocycles. The Hall–Kier alpha value is -2.39. The SMILES string of the molecule is CCOC(=O)[C@@H](C)N1C(=O)S/C(=C/c2cc(Cl)c(OCc3ccc(Cl)c(Cl)c3)c(OC)c2)C1=O. The topological polar surface area (TPSA) is 82.1 Å². The molecule has 1 atom stereocenters. The number of nitrogens with zero attached hydrogens (tertiary/aromatic N) is 1. The summed E-state index contributed by atoms with van der Waals surface area (Å²) in [6.07, 6.45) is 1.50. The molecule has 2 amide bonds. The van der Waals surface area contributed by atoms with E-state index in [2.05, 4.69) is 0 Å². The first kappa shape index (κ1) is 26.2. The van der Waals surface area contributed by atoms with Crippen molar-refractivity contribution >= 4 is 69.8 Å². The number of thioether (sulfide) groups is 1. The highest BCUT2D eigenvalue weighted by Gasteiger charge is 2.41. The van der Waals surface area contributed by atoms with Gasteiger partial charge in [-0.25, -0.2) is 4.79 Å². The number of ether oxygens (including phenoxy) is 3. The molecule has 11 heteroatoms. The van der Waals surface area contributed by atoms with Crippen molar-refractivity contribution < 1.29 is 28.6 Å². The number of rotatable bonds is 8. The van der Waals surface area contributed by atoms with Crippen LogP contribution < -0.4 is 9.47 Å². The number of amides is 2. The van der Waals surface area contributed by atoms with Crippen LogP contribution >= 0.6 is 46.6 Å². The number of hydrogen-bond donors (Lipinski definition) is 0. The molecule has 0 saturated carbocycles. The highest BCUT2D eigenvalue weighted by Crippen LogP contribution is 2.40. The van der Waals surface area contributed by atoms with E-state index in [-0.39, 0.29) is 23.1 Å². The molecule has 0 aliphatic carbocycles. The van der Waals surface area contributed by atoms with Gasteiger partial charge in [-0.1, -0.05) is 40.9 Å². The summed E-state index contributed by atoms with van der Waals surface area (Å²) in [6.45, 7) is 3.40. The van der Waals surface area contributed by atoms with Gasteiger partial charge in [0, 0.05) is 0 Å². The average molecular weight is 545 g/mol. The first-order valence-corrected chi connectivity index (χ1v) is 12.0. The van der Waals surface area contributed by atoms with Crippen LogP contribution in [0.2, 0.25) is 15.1 Å². The molecule has 2 aromatic rings. The Kier molecular flexibility index (Phi) is 8.76. The maximum atomic E-state index is 12.8. The smallest absolute Gasteiger partial charge is 0.329 e. The van der Waals surface area contributed by atoms with Crippen molar-refractivity contribution in [3.63, 3.8) is 0 Å². The first-order chi connectivity index (χ1) is 16.2. The number of esters is 1. The van der Waals surface area contributed by atoms with E-state index in [4.69, 9.17) is 49.0 Å². The number of imide groups is 1. The minimum Gasteiger partial charge on any atom is -0.493 e. The maximum Gasteiger partial charge on any atom is 0.329 e. The van der Waals surface area contributed by atoms with Crippen molar-refractivity contribution in [2.45, 2.75) is 26.5 Å². The van der Waals surface area contributed by atoms with Gasteiger partial charge in [0.25, 0.3) is 11.1 Å². The number of hydrogen-bond acceptors (Lipinski definition) is 7. The lowest BCUT2D eigenvalue weighted by Crippen LogP contribution is -2.42. The summed E-state index contributed by atoms with van der Waals surface area (Å²) in [7, 11) is 1.45. The summed E-state index contributed by atoms with van der Waals surface area (Å²) < 4.78 is 16.2. The molecule has 0 bridgehead atoms. The fourth-order valence-corrected chi connectivity index (χ4v) is 4.58. The maximum absolute atomic E-state index is 12.8. The predicted molar refractivity (Wildman–Crippen MR) is 133 cm³/mol. The molecule has 0 spiro atoms. The van der Waals surface area contributed by atoms with E-state index >= 15 is 0 Å². The van der Waals surface area contributed by atoms with Crippen LogP contribution in [0.25, 0.3) is 6.08 Å². The van der Waals surface area contributed by atoms with E-state index in [1.165, 1.54) is 20.1 Å². The second-order valence-corrected chi connectivity index (χ2v) is 9.27. The number of halogens is 3. The Morgan fingerprint density at radius 3 is 2.50 bits per heavy atom. The van der Waals surface area contributed by atoms with Gasteiger partial charge in [-0.05, 0) is 67.1 Å². The van der Waals surface area contributed by atoms with E-state index in [9.17, 15) is 14.4 Å². The standard InChI is InChI=1S/C23H20Cl3NO6S/c1-4-32-22(29)12(2)27-21(28)19(34-23(27)30)10-14-8-17(26)20(18(9-14)31-3)33-11-13-5-6-15(24)16(25)7-13/h5-10,12H,4,11H2,1-3H3/b19-10+/t12-/m1/s1. The molecule has 0 N–H and O–H groups in total. The Morgan fingerprint density at radius 1 is 1.12 bits per heavy atom. The predicted octanol–water partition coefficient (Wildman–Crippen LogP) is 6.22. The van der Waals surface area contributed by atoms with E-state index in [1.54, 1.807) is 37.3 Å². The number of carbonyl (C=O) groups excluding carboxylic acids is 3. The van der Waals surface area contributed by atoms with Crippen molar-refractivity contribution in [1.82, 2.24) is 4.90 Å². The zero-order valence-electron chi connectivity index (χ0n) is 18.4. The fraction of sp³-hybridized carbons (Fsp3) is 0.261. The Bertz CT molecular complexity index is 1170. The Balaban J connectivity index is 1.82. The van der Waals surface area contributed by atoms with Gasteiger partial charge in [-0.15, -0.1) is 0 Å². The van der Waals surface area contributed by atoms with Crippen LogP contribution in [0.4, 0.5) is 4.79 Å². The number of benzene rings is 2. The summed E-state index contributed by atoms with van der Waals surface area (Å²) in [4.78, 5) is 38.2. The lowest BCUT2D eigenvalue weighted by molar-refractivity contribution is -0.150. The zero-order chi connectivity index (χ0) is 25.0. The molecule has 1 saturated heterocycles. The van der Waals surface area contributed by atoms with Crippen LogP contribution in [0.1, 0.15) is 25.0 Å². The van der Waals surface area contributed by atoms with E-state index in [0.717, 1.165) is 22.2 Å². The van der Waals surface area contributed by atoms with Crippen LogP contribution in [0.5, 0.6) is 11.5 Å². The lowest BCUT2D eigenvalue weighted by atomic mass is 10.1. The van der Waals surface area contributed by atoms with Crippen LogP contribution in [-0.4, -0.2) is 41.8 Å². The van der Waals surface area contributed by atoms with Gasteiger partial charge in [-0.2, -0.15) is 0 Å². The molecular weight excluding hydrogens is 525 g/mol. The van der Waals surface area contributed by atoms with Gasteiger partial charge in [-0.3, -0.25) is 14.5 Å². The summed E-state index contributed by atoms with van der Waals surface area (Å²) in [5, 5.41) is 0.523. The van der Waals surface area contributed by atoms with Crippen LogP contribution in [0.15, 0.2) is 35.2 Å². The van der Waals surface area contributed by atoms with Gasteiger partial charge < -0.3 is 14.2 Å². The van der Waals surface area contributed by atoms with Gasteiger partial charge >= 0.3 is 5.97 Å². The molecule has 2 aromatic carbocycles. The third-order valence-electron chi connectivity index (χ3n) is 4.76. The zero-order valence-corrected chi connectivity index (χ0v) is 21.5. The van der Waals surface area contributed by atoms with Crippen molar-refractivity contribution in [1.29, 1.82) is 0 Å². The molecule has 180 valence electrons. The summed E-state index contributed by atoms with van der Waals surface area (Å²) >= 11 is 19.1. The normalized spacial score (nSPS) is 15.6. The molecule has 1 fully saturated rings. The van der Waals surface area contributed by atoms with Crippen molar-refractivity contribution in [2.75, 3.05) is 13.7 Å². The molecule has 0 unspecified atom stereocenters. The Morgan fingerprint density at radius 2 is 1.85 bits per heavy atom. The molecular formula is C23H20Cl3NO6S. The molecule has 0 aromatic heterocycles. The molecule has 1 aliphatic heterocycles. The molecule has 1 aliphatic rings. The van der Waals surface area contributed by atoms with Gasteiger partial charge in [0.1, 0.15) is 12.6 Å². The van der Waals surface area contributed by atoms with E-state index < -0.39 is 23.2 Å². The summed E-state index contributed by atoms with van der Waals surface area (Å²) in [5.41, 5.74) is 1.29. The minimum absolute atomic E-state index is 0.142. The second kappa shape index (κ2) is 11.4. The van der Waals surface area contributed by atoms with Crippen molar-refractivity contribution in [3.05, 3.63) is 61.4 Å². The van der Waals surface area contributed by atoms with Crippen molar-refractivity contribution in [3.8, 4) is 11.5 Å². The highest BCUT2D eigenvalue weighted by atomic mass is 35.5. The second-order valence-electron chi connectivity index (χ2n) is 7.05. The van der Waals surface area contributed by atoms with Crippen LogP contribution in [0.3, 0.4) is 0 Å². The molecule has 0 radical (unpaired) electrons. The summed E-state index contributed by atoms with van der Waals surface area (Å²) in [5.74, 6) is -0.612. The van der Waals surface area contributed by atoms with Crippen molar-refractivity contribution in [2.24, 2.45) is 0 Å². The highest BCUT2D eigenvalue weighted by molar-refractivity contribution is 8.18. The summed E-state index contributed by atoms with van der Waals surface area (Å²) in [6, 6.07) is 7.30. The van der Waals surface area contributed by atoms with Crippen LogP contribution in [-0.2, 0) is 20.9 Å². The Labute approximate surface area is 215 Å². The minimum atomic E-state index is -1.03. The third-order valence-corrected chi connectivity index (χ3v) is 6.66. The van der Waals surface area contributed by atoms with E-state index in [0.29, 0.717) is 27.1 Å². The molecule has 34 heavy (non-hydrogen) atoms. The third kappa shape index (κ3) is 5.81. The average Bonchev–Trinajstić information content (AvgIpc) is 3.07. The van der Waals surface area contributed by atoms with Gasteiger partial charge in [0.2, 0.25) is 0 Å². The monoisotopic (exact) mass is 543 g/mol. The number of methoxy groups -OCH3 is 1. The molecule has 3 rings (SSSR count). The van der Waals surface area contributed by atoms with E-state index in [1.807, 2.05) is 0 Å².